The van der Waals surface area contributed by atoms with E-state index in [4.69, 9.17) is 9.47 Å². The Balaban J connectivity index is 2.15. The lowest BCUT2D eigenvalue weighted by molar-refractivity contribution is -0.156. The van der Waals surface area contributed by atoms with Gasteiger partial charge in [0.05, 0.1) is 25.6 Å². The van der Waals surface area contributed by atoms with Crippen molar-refractivity contribution in [3.8, 4) is 5.75 Å². The molecule has 0 aromatic heterocycles. The highest BCUT2D eigenvalue weighted by Gasteiger charge is 2.67. The quantitative estimate of drug-likeness (QED) is 0.629. The molecule has 140 valence electrons. The lowest BCUT2D eigenvalue weighted by Crippen LogP contribution is -2.55. The minimum Gasteiger partial charge on any atom is -0.496 e. The van der Waals surface area contributed by atoms with Crippen LogP contribution < -0.4 is 10.1 Å². The molecule has 7 heteroatoms. The van der Waals surface area contributed by atoms with Crippen molar-refractivity contribution in [1.82, 2.24) is 10.2 Å². The van der Waals surface area contributed by atoms with Crippen LogP contribution >= 0.6 is 0 Å². The Labute approximate surface area is 152 Å². The molecule has 2 amide bonds. The second-order valence-corrected chi connectivity index (χ2v) is 6.65. The summed E-state index contributed by atoms with van der Waals surface area (Å²) >= 11 is 0. The van der Waals surface area contributed by atoms with Crippen LogP contribution in [-0.4, -0.2) is 49.0 Å². The fourth-order valence-corrected chi connectivity index (χ4v) is 4.25. The number of para-hydroxylation sites is 1. The van der Waals surface area contributed by atoms with Crippen molar-refractivity contribution in [3.63, 3.8) is 0 Å². The Morgan fingerprint density at radius 1 is 1.23 bits per heavy atom. The number of ether oxygens (including phenoxy) is 2. The Bertz CT molecular complexity index is 749. The molecule has 3 rings (SSSR count). The zero-order chi connectivity index (χ0) is 19.1. The molecule has 4 unspecified atom stereocenters. The molecule has 0 spiro atoms. The van der Waals surface area contributed by atoms with Crippen LogP contribution in [-0.2, 0) is 19.1 Å². The third kappa shape index (κ3) is 2.41. The maximum absolute atomic E-state index is 12.8. The number of carbonyl (C=O) groups excluding carboxylic acids is 3. The zero-order valence-corrected chi connectivity index (χ0v) is 15.4. The predicted molar refractivity (Wildman–Crippen MR) is 93.3 cm³/mol. The first-order valence-electron chi connectivity index (χ1n) is 8.82. The first kappa shape index (κ1) is 18.4. The Morgan fingerprint density at radius 3 is 2.54 bits per heavy atom. The zero-order valence-electron chi connectivity index (χ0n) is 15.4. The standard InChI is InChI=1S/C19H24N2O5/c1-5-19(18(24)26-6-2)14-13(16(22)21(3)17(14)23)15(20-19)11-9-7-8-10-12(11)25-4/h7-10,13-15,20H,5-6H2,1-4H3. The Morgan fingerprint density at radius 2 is 1.92 bits per heavy atom. The highest BCUT2D eigenvalue weighted by molar-refractivity contribution is 6.09. The van der Waals surface area contributed by atoms with Crippen LogP contribution in [0.1, 0.15) is 31.9 Å². The van der Waals surface area contributed by atoms with E-state index in [1.54, 1.807) is 20.1 Å². The summed E-state index contributed by atoms with van der Waals surface area (Å²) in [6.45, 7) is 3.75. The van der Waals surface area contributed by atoms with Crippen LogP contribution in [0.3, 0.4) is 0 Å². The van der Waals surface area contributed by atoms with Crippen LogP contribution in [0.25, 0.3) is 0 Å². The van der Waals surface area contributed by atoms with Gasteiger partial charge in [-0.2, -0.15) is 0 Å². The molecule has 2 saturated heterocycles. The van der Waals surface area contributed by atoms with Crippen molar-refractivity contribution in [2.75, 3.05) is 20.8 Å². The number of likely N-dealkylation sites (tertiary alicyclic amines) is 1. The van der Waals surface area contributed by atoms with Gasteiger partial charge in [0.15, 0.2) is 0 Å². The summed E-state index contributed by atoms with van der Waals surface area (Å²) in [7, 11) is 3.02. The molecular weight excluding hydrogens is 336 g/mol. The maximum Gasteiger partial charge on any atom is 0.327 e. The number of imide groups is 1. The number of carbonyl (C=O) groups is 3. The number of nitrogens with zero attached hydrogens (tertiary/aromatic N) is 1. The average Bonchev–Trinajstić information content (AvgIpc) is 3.12. The van der Waals surface area contributed by atoms with Crippen LogP contribution in [0.4, 0.5) is 0 Å². The number of benzene rings is 1. The molecule has 0 aliphatic carbocycles. The number of amides is 2. The van der Waals surface area contributed by atoms with E-state index in [0.29, 0.717) is 12.2 Å². The van der Waals surface area contributed by atoms with Gasteiger partial charge in [0.25, 0.3) is 0 Å². The molecule has 2 fully saturated rings. The van der Waals surface area contributed by atoms with Crippen molar-refractivity contribution in [2.24, 2.45) is 11.8 Å². The molecule has 26 heavy (non-hydrogen) atoms. The van der Waals surface area contributed by atoms with Gasteiger partial charge in [0, 0.05) is 18.7 Å². The minimum atomic E-state index is -1.23. The van der Waals surface area contributed by atoms with E-state index in [1.807, 2.05) is 25.1 Å². The highest BCUT2D eigenvalue weighted by Crippen LogP contribution is 2.51. The smallest absolute Gasteiger partial charge is 0.327 e. The van der Waals surface area contributed by atoms with E-state index in [-0.39, 0.29) is 18.4 Å². The molecule has 2 aliphatic heterocycles. The Hall–Kier alpha value is -2.41. The van der Waals surface area contributed by atoms with E-state index < -0.39 is 29.4 Å². The Kier molecular flexibility index (Phi) is 4.75. The first-order valence-corrected chi connectivity index (χ1v) is 8.82. The normalized spacial score (nSPS) is 30.5. The second-order valence-electron chi connectivity index (χ2n) is 6.65. The van der Waals surface area contributed by atoms with E-state index >= 15 is 0 Å². The van der Waals surface area contributed by atoms with Gasteiger partial charge in [-0.3, -0.25) is 24.6 Å². The number of hydrogen-bond acceptors (Lipinski definition) is 6. The lowest BCUT2D eigenvalue weighted by Gasteiger charge is -2.31. The fraction of sp³-hybridized carbons (Fsp3) is 0.526. The first-order chi connectivity index (χ1) is 12.4. The van der Waals surface area contributed by atoms with Crippen LogP contribution in [0.15, 0.2) is 24.3 Å². The predicted octanol–water partition coefficient (Wildman–Crippen LogP) is 1.28. The number of nitrogens with one attached hydrogen (secondary N) is 1. The van der Waals surface area contributed by atoms with Gasteiger partial charge in [0.2, 0.25) is 11.8 Å². The van der Waals surface area contributed by atoms with Crippen molar-refractivity contribution < 1.29 is 23.9 Å². The molecule has 1 N–H and O–H groups in total. The monoisotopic (exact) mass is 360 g/mol. The number of rotatable bonds is 5. The molecule has 2 aliphatic rings. The largest absolute Gasteiger partial charge is 0.496 e. The molecule has 4 atom stereocenters. The van der Waals surface area contributed by atoms with Gasteiger partial charge in [-0.25, -0.2) is 0 Å². The van der Waals surface area contributed by atoms with Gasteiger partial charge in [0.1, 0.15) is 11.3 Å². The van der Waals surface area contributed by atoms with Crippen LogP contribution in [0.2, 0.25) is 0 Å². The summed E-state index contributed by atoms with van der Waals surface area (Å²) in [6, 6.07) is 6.81. The molecule has 2 heterocycles. The summed E-state index contributed by atoms with van der Waals surface area (Å²) in [6.07, 6.45) is 0.339. The molecule has 1 aromatic carbocycles. The SMILES string of the molecule is CCOC(=O)C1(CC)NC(c2ccccc2OC)C2C(=O)N(C)C(=O)C21. The third-order valence-corrected chi connectivity index (χ3v) is 5.55. The summed E-state index contributed by atoms with van der Waals surface area (Å²) in [5.74, 6) is -1.99. The summed E-state index contributed by atoms with van der Waals surface area (Å²) in [4.78, 5) is 39.6. The van der Waals surface area contributed by atoms with E-state index in [9.17, 15) is 14.4 Å². The highest BCUT2D eigenvalue weighted by atomic mass is 16.5. The van der Waals surface area contributed by atoms with Crippen molar-refractivity contribution in [2.45, 2.75) is 31.8 Å². The van der Waals surface area contributed by atoms with Crippen molar-refractivity contribution in [1.29, 1.82) is 0 Å². The maximum atomic E-state index is 12.8. The van der Waals surface area contributed by atoms with E-state index in [1.165, 1.54) is 7.05 Å². The second kappa shape index (κ2) is 6.72. The molecular formula is C19H24N2O5. The van der Waals surface area contributed by atoms with Crippen LogP contribution in [0.5, 0.6) is 5.75 Å². The van der Waals surface area contributed by atoms with Crippen LogP contribution in [0, 0.1) is 11.8 Å². The lowest BCUT2D eigenvalue weighted by atomic mass is 9.78. The minimum absolute atomic E-state index is 0.205. The molecule has 0 bridgehead atoms. The average molecular weight is 360 g/mol. The summed E-state index contributed by atoms with van der Waals surface area (Å²) in [5, 5.41) is 3.29. The number of hydrogen-bond donors (Lipinski definition) is 1. The summed E-state index contributed by atoms with van der Waals surface area (Å²) in [5.41, 5.74) is -0.481. The van der Waals surface area contributed by atoms with E-state index in [2.05, 4.69) is 5.32 Å². The number of methoxy groups -OCH3 is 1. The fourth-order valence-electron chi connectivity index (χ4n) is 4.25. The summed E-state index contributed by atoms with van der Waals surface area (Å²) < 4.78 is 10.7. The van der Waals surface area contributed by atoms with Gasteiger partial charge in [-0.15, -0.1) is 0 Å². The molecule has 0 radical (unpaired) electrons. The molecule has 1 aromatic rings. The topological polar surface area (TPSA) is 84.9 Å². The van der Waals surface area contributed by atoms with Crippen molar-refractivity contribution in [3.05, 3.63) is 29.8 Å². The van der Waals surface area contributed by atoms with Crippen molar-refractivity contribution >= 4 is 17.8 Å². The third-order valence-electron chi connectivity index (χ3n) is 5.55. The number of esters is 1. The molecule has 7 nitrogen and oxygen atoms in total. The van der Waals surface area contributed by atoms with Gasteiger partial charge in [-0.1, -0.05) is 25.1 Å². The van der Waals surface area contributed by atoms with Gasteiger partial charge < -0.3 is 9.47 Å². The number of fused-ring (bicyclic) bond motifs is 1. The molecule has 0 saturated carbocycles. The van der Waals surface area contributed by atoms with E-state index in [0.717, 1.165) is 10.5 Å². The van der Waals surface area contributed by atoms with Gasteiger partial charge in [-0.05, 0) is 19.4 Å². The van der Waals surface area contributed by atoms with Gasteiger partial charge >= 0.3 is 5.97 Å².